The maximum Gasteiger partial charge on any atom is 0.236 e. The van der Waals surface area contributed by atoms with E-state index in [1.165, 1.54) is 0 Å². The summed E-state index contributed by atoms with van der Waals surface area (Å²) in [5.41, 5.74) is 0. The molecule has 1 heterocycles. The molecule has 4 nitrogen and oxygen atoms in total. The molecule has 3 atom stereocenters. The Balaban J connectivity index is 2.61. The summed E-state index contributed by atoms with van der Waals surface area (Å²) < 4.78 is 0. The maximum absolute atomic E-state index is 11.7. The summed E-state index contributed by atoms with van der Waals surface area (Å²) in [4.78, 5) is 13.2. The van der Waals surface area contributed by atoms with Crippen LogP contribution in [0, 0.1) is 0 Å². The van der Waals surface area contributed by atoms with Crippen LogP contribution >= 0.6 is 15.9 Å². The molecule has 82 valence electrons. The molecule has 1 saturated heterocycles. The number of piperidine rings is 1. The van der Waals surface area contributed by atoms with E-state index in [4.69, 9.17) is 5.11 Å². The lowest BCUT2D eigenvalue weighted by Crippen LogP contribution is -2.51. The number of likely N-dealkylation sites (tertiary alicyclic amines) is 1. The highest BCUT2D eigenvalue weighted by atomic mass is 79.9. The van der Waals surface area contributed by atoms with E-state index in [0.29, 0.717) is 6.54 Å². The summed E-state index contributed by atoms with van der Waals surface area (Å²) in [5, 5.41) is 18.2. The molecule has 2 N–H and O–H groups in total. The highest BCUT2D eigenvalue weighted by Gasteiger charge is 2.32. The lowest BCUT2D eigenvalue weighted by molar-refractivity contribution is -0.137. The molecule has 1 aliphatic rings. The van der Waals surface area contributed by atoms with Crippen molar-refractivity contribution in [3.05, 3.63) is 0 Å². The summed E-state index contributed by atoms with van der Waals surface area (Å²) in [6, 6.07) is -0.312. The summed E-state index contributed by atoms with van der Waals surface area (Å²) in [6.07, 6.45) is 0.929. The Morgan fingerprint density at radius 2 is 2.36 bits per heavy atom. The minimum atomic E-state index is -0.850. The molecule has 5 heteroatoms. The van der Waals surface area contributed by atoms with Crippen LogP contribution in [0.15, 0.2) is 0 Å². The molecule has 0 aromatic carbocycles. The predicted octanol–water partition coefficient (Wildman–Crippen LogP) is 0.114. The van der Waals surface area contributed by atoms with Crippen molar-refractivity contribution in [2.75, 3.05) is 13.2 Å². The standard InChI is InChI=1S/C9H16BrNO3/c1-6(8(13)5-12)11-4-2-3-7(10)9(11)14/h6-8,12-13H,2-5H2,1H3. The van der Waals surface area contributed by atoms with Crippen molar-refractivity contribution in [2.24, 2.45) is 0 Å². The molecule has 1 amide bonds. The van der Waals surface area contributed by atoms with E-state index in [9.17, 15) is 9.90 Å². The fourth-order valence-electron chi connectivity index (χ4n) is 1.62. The van der Waals surface area contributed by atoms with Crippen molar-refractivity contribution in [2.45, 2.75) is 36.7 Å². The second kappa shape index (κ2) is 5.09. The molecule has 1 aliphatic heterocycles. The second-order valence-corrected chi connectivity index (χ2v) is 4.74. The first-order valence-electron chi connectivity index (χ1n) is 4.81. The molecular weight excluding hydrogens is 250 g/mol. The van der Waals surface area contributed by atoms with Crippen molar-refractivity contribution in [1.29, 1.82) is 0 Å². The zero-order valence-electron chi connectivity index (χ0n) is 8.19. The molecule has 0 aromatic rings. The first kappa shape index (κ1) is 11.9. The zero-order chi connectivity index (χ0) is 10.7. The van der Waals surface area contributed by atoms with Gasteiger partial charge in [0.15, 0.2) is 0 Å². The minimum absolute atomic E-state index is 0.0104. The minimum Gasteiger partial charge on any atom is -0.394 e. The van der Waals surface area contributed by atoms with Gasteiger partial charge in [-0.3, -0.25) is 4.79 Å². The molecule has 0 saturated carbocycles. The van der Waals surface area contributed by atoms with Crippen molar-refractivity contribution in [3.63, 3.8) is 0 Å². The van der Waals surface area contributed by atoms with E-state index in [1.54, 1.807) is 11.8 Å². The summed E-state index contributed by atoms with van der Waals surface area (Å²) in [7, 11) is 0. The normalized spacial score (nSPS) is 27.6. The number of nitrogens with zero attached hydrogens (tertiary/aromatic N) is 1. The Kier molecular flexibility index (Phi) is 4.34. The number of hydrogen-bond acceptors (Lipinski definition) is 3. The summed E-state index contributed by atoms with van der Waals surface area (Å²) in [6.45, 7) is 2.11. The van der Waals surface area contributed by atoms with E-state index in [-0.39, 0.29) is 23.4 Å². The number of alkyl halides is 1. The van der Waals surface area contributed by atoms with Crippen LogP contribution in [-0.4, -0.2) is 51.1 Å². The quantitative estimate of drug-likeness (QED) is 0.713. The van der Waals surface area contributed by atoms with Gasteiger partial charge >= 0.3 is 0 Å². The van der Waals surface area contributed by atoms with Gasteiger partial charge in [-0.1, -0.05) is 15.9 Å². The van der Waals surface area contributed by atoms with Crippen LogP contribution < -0.4 is 0 Å². The van der Waals surface area contributed by atoms with Gasteiger partial charge in [-0.05, 0) is 19.8 Å². The van der Waals surface area contributed by atoms with Crippen LogP contribution in [-0.2, 0) is 4.79 Å². The first-order valence-corrected chi connectivity index (χ1v) is 5.73. The average molecular weight is 266 g/mol. The van der Waals surface area contributed by atoms with Gasteiger partial charge in [0.1, 0.15) is 0 Å². The monoisotopic (exact) mass is 265 g/mol. The van der Waals surface area contributed by atoms with E-state index < -0.39 is 6.10 Å². The van der Waals surface area contributed by atoms with Crippen molar-refractivity contribution < 1.29 is 15.0 Å². The van der Waals surface area contributed by atoms with E-state index >= 15 is 0 Å². The molecule has 0 bridgehead atoms. The van der Waals surface area contributed by atoms with Crippen LogP contribution in [0.3, 0.4) is 0 Å². The van der Waals surface area contributed by atoms with Crippen LogP contribution in [0.2, 0.25) is 0 Å². The van der Waals surface area contributed by atoms with Gasteiger partial charge in [-0.25, -0.2) is 0 Å². The highest BCUT2D eigenvalue weighted by Crippen LogP contribution is 2.21. The third-order valence-corrected chi connectivity index (χ3v) is 3.49. The lowest BCUT2D eigenvalue weighted by atomic mass is 10.1. The van der Waals surface area contributed by atoms with E-state index in [0.717, 1.165) is 12.8 Å². The number of carbonyl (C=O) groups excluding carboxylic acids is 1. The Hall–Kier alpha value is -0.130. The summed E-state index contributed by atoms with van der Waals surface area (Å²) >= 11 is 3.30. The number of aliphatic hydroxyl groups excluding tert-OH is 2. The van der Waals surface area contributed by atoms with Gasteiger partial charge in [-0.2, -0.15) is 0 Å². The SMILES string of the molecule is CC(C(O)CO)N1CCCC(Br)C1=O. The fourth-order valence-corrected chi connectivity index (χ4v) is 2.21. The lowest BCUT2D eigenvalue weighted by Gasteiger charge is -2.36. The van der Waals surface area contributed by atoms with E-state index in [1.807, 2.05) is 0 Å². The average Bonchev–Trinajstić information content (AvgIpc) is 2.20. The van der Waals surface area contributed by atoms with Crippen LogP contribution in [0.25, 0.3) is 0 Å². The molecule has 0 aliphatic carbocycles. The number of carbonyl (C=O) groups is 1. The molecule has 3 unspecified atom stereocenters. The Morgan fingerprint density at radius 1 is 1.71 bits per heavy atom. The summed E-state index contributed by atoms with van der Waals surface area (Å²) in [5.74, 6) is 0.0104. The van der Waals surface area contributed by atoms with Crippen LogP contribution in [0.5, 0.6) is 0 Å². The molecule has 1 fully saturated rings. The molecule has 0 radical (unpaired) electrons. The molecule has 0 aromatic heterocycles. The third kappa shape index (κ3) is 2.46. The van der Waals surface area contributed by atoms with Crippen LogP contribution in [0.1, 0.15) is 19.8 Å². The zero-order valence-corrected chi connectivity index (χ0v) is 9.77. The van der Waals surface area contributed by atoms with Crippen molar-refractivity contribution >= 4 is 21.8 Å². The largest absolute Gasteiger partial charge is 0.394 e. The number of amides is 1. The van der Waals surface area contributed by atoms with Gasteiger partial charge in [0.2, 0.25) is 5.91 Å². The highest BCUT2D eigenvalue weighted by molar-refractivity contribution is 9.10. The predicted molar refractivity (Wildman–Crippen MR) is 56.2 cm³/mol. The Bertz CT molecular complexity index is 212. The van der Waals surface area contributed by atoms with Crippen molar-refractivity contribution in [1.82, 2.24) is 4.90 Å². The Morgan fingerprint density at radius 3 is 2.93 bits per heavy atom. The number of hydrogen-bond donors (Lipinski definition) is 2. The van der Waals surface area contributed by atoms with E-state index in [2.05, 4.69) is 15.9 Å². The smallest absolute Gasteiger partial charge is 0.236 e. The van der Waals surface area contributed by atoms with Gasteiger partial charge < -0.3 is 15.1 Å². The Labute approximate surface area is 92.0 Å². The topological polar surface area (TPSA) is 60.8 Å². The van der Waals surface area contributed by atoms with Gasteiger partial charge in [0, 0.05) is 6.54 Å². The molecule has 14 heavy (non-hydrogen) atoms. The second-order valence-electron chi connectivity index (χ2n) is 3.63. The number of rotatable bonds is 3. The molecular formula is C9H16BrNO3. The third-order valence-electron chi connectivity index (χ3n) is 2.64. The number of halogens is 1. The number of aliphatic hydroxyl groups is 2. The van der Waals surface area contributed by atoms with Crippen molar-refractivity contribution in [3.8, 4) is 0 Å². The first-order chi connectivity index (χ1) is 6.57. The molecule has 0 spiro atoms. The molecule has 1 rings (SSSR count). The van der Waals surface area contributed by atoms with Gasteiger partial charge in [0.05, 0.1) is 23.6 Å². The van der Waals surface area contributed by atoms with Crippen LogP contribution in [0.4, 0.5) is 0 Å². The van der Waals surface area contributed by atoms with Gasteiger partial charge in [0.25, 0.3) is 0 Å². The fraction of sp³-hybridized carbons (Fsp3) is 0.889. The maximum atomic E-state index is 11.7. The van der Waals surface area contributed by atoms with Gasteiger partial charge in [-0.15, -0.1) is 0 Å².